The molecular formula is C25H32N6O3. The topological polar surface area (TPSA) is 93.5 Å². The summed E-state index contributed by atoms with van der Waals surface area (Å²) < 4.78 is 6.81. The van der Waals surface area contributed by atoms with E-state index in [2.05, 4.69) is 16.9 Å². The van der Waals surface area contributed by atoms with Crippen LogP contribution in [0.1, 0.15) is 45.4 Å². The number of amides is 1. The van der Waals surface area contributed by atoms with E-state index >= 15 is 0 Å². The molecule has 0 saturated carbocycles. The first kappa shape index (κ1) is 23.7. The Morgan fingerprint density at radius 1 is 1.00 bits per heavy atom. The number of anilines is 1. The maximum Gasteiger partial charge on any atom is 0.306 e. The SMILES string of the molecule is CCCc1nc(N2CCCN(C(=O)CCC(=O)OCC)CC2)c2cnn(-c3ccccc3)c2n1. The lowest BCUT2D eigenvalue weighted by Gasteiger charge is -2.23. The number of fused-ring (bicyclic) bond motifs is 1. The highest BCUT2D eigenvalue weighted by Gasteiger charge is 2.24. The largest absolute Gasteiger partial charge is 0.466 e. The van der Waals surface area contributed by atoms with Crippen molar-refractivity contribution in [3.8, 4) is 5.69 Å². The van der Waals surface area contributed by atoms with Crippen LogP contribution in [0, 0.1) is 0 Å². The number of hydrogen-bond donors (Lipinski definition) is 0. The number of esters is 1. The highest BCUT2D eigenvalue weighted by molar-refractivity contribution is 5.88. The van der Waals surface area contributed by atoms with Crippen LogP contribution in [-0.2, 0) is 20.7 Å². The van der Waals surface area contributed by atoms with Gasteiger partial charge in [0.2, 0.25) is 5.91 Å². The lowest BCUT2D eigenvalue weighted by atomic mass is 10.2. The van der Waals surface area contributed by atoms with Crippen LogP contribution >= 0.6 is 0 Å². The minimum absolute atomic E-state index is 0.00805. The van der Waals surface area contributed by atoms with Crippen LogP contribution in [0.4, 0.5) is 5.82 Å². The standard InChI is InChI=1S/C25H32N6O3/c1-3-9-21-27-24(20-18-26-31(25(20)28-21)19-10-6-5-7-11-19)30-15-8-14-29(16-17-30)22(32)12-13-23(33)34-4-2/h5-7,10-11,18H,3-4,8-9,12-17H2,1-2H3. The number of carbonyl (C=O) groups excluding carboxylic acids is 2. The Balaban J connectivity index is 1.55. The maximum absolute atomic E-state index is 12.7. The van der Waals surface area contributed by atoms with Crippen LogP contribution in [0.15, 0.2) is 36.5 Å². The van der Waals surface area contributed by atoms with Crippen molar-refractivity contribution in [3.05, 3.63) is 42.4 Å². The van der Waals surface area contributed by atoms with Gasteiger partial charge in [-0.15, -0.1) is 0 Å². The Morgan fingerprint density at radius 3 is 2.59 bits per heavy atom. The number of aromatic nitrogens is 4. The van der Waals surface area contributed by atoms with Crippen molar-refractivity contribution in [2.75, 3.05) is 37.7 Å². The molecule has 0 radical (unpaired) electrons. The second-order valence-corrected chi connectivity index (χ2v) is 8.37. The molecule has 0 atom stereocenters. The average Bonchev–Trinajstić information content (AvgIpc) is 3.12. The molecule has 0 N–H and O–H groups in total. The van der Waals surface area contributed by atoms with Crippen LogP contribution in [0.25, 0.3) is 16.7 Å². The van der Waals surface area contributed by atoms with Gasteiger partial charge >= 0.3 is 5.97 Å². The molecule has 4 rings (SSSR count). The smallest absolute Gasteiger partial charge is 0.306 e. The van der Waals surface area contributed by atoms with Gasteiger partial charge in [-0.2, -0.15) is 5.10 Å². The molecule has 1 fully saturated rings. The van der Waals surface area contributed by atoms with Crippen molar-refractivity contribution < 1.29 is 14.3 Å². The van der Waals surface area contributed by atoms with Crippen LogP contribution in [-0.4, -0.2) is 69.3 Å². The molecule has 0 spiro atoms. The Bertz CT molecular complexity index is 1130. The summed E-state index contributed by atoms with van der Waals surface area (Å²) in [5, 5.41) is 5.53. The van der Waals surface area contributed by atoms with Crippen molar-refractivity contribution in [2.45, 2.75) is 46.0 Å². The minimum atomic E-state index is -0.324. The molecule has 3 heterocycles. The third kappa shape index (κ3) is 5.35. The van der Waals surface area contributed by atoms with Gasteiger partial charge in [0.15, 0.2) is 5.65 Å². The number of para-hydroxylation sites is 1. The first-order chi connectivity index (χ1) is 16.6. The van der Waals surface area contributed by atoms with Crippen LogP contribution < -0.4 is 4.90 Å². The molecule has 0 aliphatic carbocycles. The van der Waals surface area contributed by atoms with Gasteiger partial charge in [-0.1, -0.05) is 25.1 Å². The highest BCUT2D eigenvalue weighted by atomic mass is 16.5. The second kappa shape index (κ2) is 11.1. The first-order valence-corrected chi connectivity index (χ1v) is 12.1. The van der Waals surface area contributed by atoms with Gasteiger partial charge in [-0.25, -0.2) is 14.6 Å². The molecule has 1 aromatic carbocycles. The Morgan fingerprint density at radius 2 is 1.82 bits per heavy atom. The third-order valence-corrected chi connectivity index (χ3v) is 5.93. The van der Waals surface area contributed by atoms with Crippen LogP contribution in [0.2, 0.25) is 0 Å². The molecule has 180 valence electrons. The van der Waals surface area contributed by atoms with Crippen molar-refractivity contribution >= 4 is 28.7 Å². The summed E-state index contributed by atoms with van der Waals surface area (Å²) in [6.07, 6.45) is 4.70. The van der Waals surface area contributed by atoms with Gasteiger partial charge < -0.3 is 14.5 Å². The van der Waals surface area contributed by atoms with E-state index in [9.17, 15) is 9.59 Å². The maximum atomic E-state index is 12.7. The number of ether oxygens (including phenoxy) is 1. The Labute approximate surface area is 199 Å². The molecule has 1 aliphatic heterocycles. The number of aryl methyl sites for hydroxylation is 1. The van der Waals surface area contributed by atoms with Gasteiger partial charge in [0.1, 0.15) is 11.6 Å². The van der Waals surface area contributed by atoms with E-state index in [1.54, 1.807) is 6.92 Å². The predicted molar refractivity (Wildman–Crippen MR) is 130 cm³/mol. The molecule has 3 aromatic rings. The number of carbonyl (C=O) groups is 2. The number of hydrogen-bond acceptors (Lipinski definition) is 7. The summed E-state index contributed by atoms with van der Waals surface area (Å²) in [7, 11) is 0. The van der Waals surface area contributed by atoms with E-state index in [1.165, 1.54) is 0 Å². The summed E-state index contributed by atoms with van der Waals surface area (Å²) in [6, 6.07) is 9.98. The van der Waals surface area contributed by atoms with E-state index in [1.807, 2.05) is 46.1 Å². The Hall–Kier alpha value is -3.49. The monoisotopic (exact) mass is 464 g/mol. The third-order valence-electron chi connectivity index (χ3n) is 5.93. The van der Waals surface area contributed by atoms with Crippen molar-refractivity contribution in [1.29, 1.82) is 0 Å². The number of benzene rings is 1. The van der Waals surface area contributed by atoms with Crippen LogP contribution in [0.3, 0.4) is 0 Å². The van der Waals surface area contributed by atoms with E-state index in [-0.39, 0.29) is 24.7 Å². The number of rotatable bonds is 8. The van der Waals surface area contributed by atoms with Gasteiger partial charge in [0.25, 0.3) is 0 Å². The van der Waals surface area contributed by atoms with E-state index in [0.717, 1.165) is 54.2 Å². The molecule has 1 saturated heterocycles. The molecule has 1 amide bonds. The predicted octanol–water partition coefficient (Wildman–Crippen LogP) is 3.15. The molecule has 1 aliphatic rings. The second-order valence-electron chi connectivity index (χ2n) is 8.37. The summed E-state index contributed by atoms with van der Waals surface area (Å²) in [5.74, 6) is 1.34. The van der Waals surface area contributed by atoms with E-state index < -0.39 is 0 Å². The van der Waals surface area contributed by atoms with Gasteiger partial charge in [0, 0.05) is 39.0 Å². The summed E-state index contributed by atoms with van der Waals surface area (Å²) >= 11 is 0. The zero-order valence-corrected chi connectivity index (χ0v) is 19.9. The molecular weight excluding hydrogens is 432 g/mol. The van der Waals surface area contributed by atoms with Gasteiger partial charge in [-0.05, 0) is 31.9 Å². The highest BCUT2D eigenvalue weighted by Crippen LogP contribution is 2.27. The quantitative estimate of drug-likeness (QED) is 0.473. The molecule has 2 aromatic heterocycles. The van der Waals surface area contributed by atoms with E-state index in [4.69, 9.17) is 14.7 Å². The zero-order chi connectivity index (χ0) is 23.9. The minimum Gasteiger partial charge on any atom is -0.466 e. The summed E-state index contributed by atoms with van der Waals surface area (Å²) in [5.41, 5.74) is 1.75. The fraction of sp³-hybridized carbons (Fsp3) is 0.480. The van der Waals surface area contributed by atoms with Gasteiger partial charge in [-0.3, -0.25) is 9.59 Å². The molecule has 34 heavy (non-hydrogen) atoms. The normalized spacial score (nSPS) is 14.3. The van der Waals surface area contributed by atoms with Crippen LogP contribution in [0.5, 0.6) is 0 Å². The lowest BCUT2D eigenvalue weighted by Crippen LogP contribution is -2.35. The van der Waals surface area contributed by atoms with Crippen molar-refractivity contribution in [3.63, 3.8) is 0 Å². The molecule has 9 heteroatoms. The van der Waals surface area contributed by atoms with E-state index in [0.29, 0.717) is 26.2 Å². The first-order valence-electron chi connectivity index (χ1n) is 12.1. The Kier molecular flexibility index (Phi) is 7.72. The molecule has 9 nitrogen and oxygen atoms in total. The van der Waals surface area contributed by atoms with Crippen molar-refractivity contribution in [2.24, 2.45) is 0 Å². The number of nitrogens with zero attached hydrogens (tertiary/aromatic N) is 6. The molecule has 0 bridgehead atoms. The zero-order valence-electron chi connectivity index (χ0n) is 19.9. The van der Waals surface area contributed by atoms with Crippen molar-refractivity contribution in [1.82, 2.24) is 24.6 Å². The fourth-order valence-electron chi connectivity index (χ4n) is 4.25. The average molecular weight is 465 g/mol. The summed E-state index contributed by atoms with van der Waals surface area (Å²) in [6.45, 7) is 6.92. The lowest BCUT2D eigenvalue weighted by molar-refractivity contribution is -0.145. The summed E-state index contributed by atoms with van der Waals surface area (Å²) in [4.78, 5) is 38.1. The van der Waals surface area contributed by atoms with Gasteiger partial charge in [0.05, 0.1) is 30.3 Å². The molecule has 0 unspecified atom stereocenters. The fourth-order valence-corrected chi connectivity index (χ4v) is 4.25.